The van der Waals surface area contributed by atoms with E-state index in [1.165, 1.54) is 24.3 Å². The van der Waals surface area contributed by atoms with Crippen LogP contribution in [0.25, 0.3) is 5.57 Å². The van der Waals surface area contributed by atoms with E-state index >= 15 is 0 Å². The van der Waals surface area contributed by atoms with Gasteiger partial charge in [-0.1, -0.05) is 0 Å². The number of benzene rings is 1. The van der Waals surface area contributed by atoms with Crippen LogP contribution in [0.15, 0.2) is 29.8 Å². The van der Waals surface area contributed by atoms with Gasteiger partial charge < -0.3 is 5.73 Å². The van der Waals surface area contributed by atoms with Crippen molar-refractivity contribution in [3.05, 3.63) is 45.5 Å². The van der Waals surface area contributed by atoms with Gasteiger partial charge in [-0.05, 0) is 30.2 Å². The molecule has 0 unspecified atom stereocenters. The van der Waals surface area contributed by atoms with Crippen molar-refractivity contribution in [2.75, 3.05) is 0 Å². The molecule has 2 N–H and O–H groups in total. The molecular weight excluding hydrogens is 222 g/mol. The number of hydrogen-bond donors (Lipinski definition) is 1. The Labute approximate surface area is 97.1 Å². The molecule has 0 radical (unpaired) electrons. The predicted octanol–water partition coefficient (Wildman–Crippen LogP) is 1.38. The Morgan fingerprint density at radius 2 is 1.94 bits per heavy atom. The van der Waals surface area contributed by atoms with E-state index in [1.54, 1.807) is 13.0 Å². The molecule has 1 rings (SSSR count). The number of primary amides is 1. The third-order valence-corrected chi connectivity index (χ3v) is 2.24. The standard InChI is InChI=1S/C11H9N3O3/c1-7(10(6-12)11(13)15)8-2-4-9(5-3-8)14(16)17/h2-5H,1H3,(H2,13,15)/b10-7+. The fourth-order valence-corrected chi connectivity index (χ4v) is 1.30. The second kappa shape index (κ2) is 4.90. The van der Waals surface area contributed by atoms with Crippen LogP contribution in [0.3, 0.4) is 0 Å². The maximum atomic E-state index is 11.0. The lowest BCUT2D eigenvalue weighted by molar-refractivity contribution is -0.384. The van der Waals surface area contributed by atoms with Gasteiger partial charge in [0.05, 0.1) is 4.92 Å². The molecule has 6 heteroatoms. The number of rotatable bonds is 3. The Bertz CT molecular complexity index is 538. The molecule has 0 aromatic heterocycles. The second-order valence-corrected chi connectivity index (χ2v) is 3.28. The van der Waals surface area contributed by atoms with Crippen LogP contribution in [0, 0.1) is 21.4 Å². The van der Waals surface area contributed by atoms with E-state index in [1.807, 2.05) is 0 Å². The quantitative estimate of drug-likeness (QED) is 0.366. The highest BCUT2D eigenvalue weighted by Gasteiger charge is 2.11. The summed E-state index contributed by atoms with van der Waals surface area (Å²) < 4.78 is 0. The Morgan fingerprint density at radius 1 is 1.41 bits per heavy atom. The van der Waals surface area contributed by atoms with Crippen LogP contribution in [0.2, 0.25) is 0 Å². The Morgan fingerprint density at radius 3 is 2.29 bits per heavy atom. The summed E-state index contributed by atoms with van der Waals surface area (Å²) in [5, 5.41) is 19.2. The Kier molecular flexibility index (Phi) is 3.57. The van der Waals surface area contributed by atoms with E-state index < -0.39 is 10.8 Å². The molecule has 86 valence electrons. The number of nitriles is 1. The number of amides is 1. The van der Waals surface area contributed by atoms with Crippen molar-refractivity contribution in [1.29, 1.82) is 5.26 Å². The van der Waals surface area contributed by atoms with Crippen molar-refractivity contribution in [2.45, 2.75) is 6.92 Å². The number of nitrogens with two attached hydrogens (primary N) is 1. The minimum atomic E-state index is -0.816. The largest absolute Gasteiger partial charge is 0.365 e. The number of carbonyl (C=O) groups is 1. The average molecular weight is 231 g/mol. The van der Waals surface area contributed by atoms with Crippen molar-refractivity contribution in [3.63, 3.8) is 0 Å². The van der Waals surface area contributed by atoms with Crippen molar-refractivity contribution in [1.82, 2.24) is 0 Å². The molecule has 1 amide bonds. The molecule has 6 nitrogen and oxygen atoms in total. The van der Waals surface area contributed by atoms with Gasteiger partial charge in [-0.15, -0.1) is 0 Å². The number of nitro benzene ring substituents is 1. The third kappa shape index (κ3) is 2.66. The van der Waals surface area contributed by atoms with Crippen LogP contribution >= 0.6 is 0 Å². The second-order valence-electron chi connectivity index (χ2n) is 3.28. The van der Waals surface area contributed by atoms with Crippen LogP contribution in [0.4, 0.5) is 5.69 Å². The number of hydrogen-bond acceptors (Lipinski definition) is 4. The number of nitro groups is 1. The molecule has 0 atom stereocenters. The first-order chi connectivity index (χ1) is 7.97. The smallest absolute Gasteiger partial charge is 0.269 e. The lowest BCUT2D eigenvalue weighted by Gasteiger charge is -2.02. The Hall–Kier alpha value is -2.68. The van der Waals surface area contributed by atoms with Crippen LogP contribution in [0.1, 0.15) is 12.5 Å². The summed E-state index contributed by atoms with van der Waals surface area (Å²) in [6.07, 6.45) is 0. The van der Waals surface area contributed by atoms with Crippen molar-refractivity contribution >= 4 is 17.2 Å². The van der Waals surface area contributed by atoms with Crippen LogP contribution in [-0.2, 0) is 4.79 Å². The first-order valence-corrected chi connectivity index (χ1v) is 4.63. The summed E-state index contributed by atoms with van der Waals surface area (Å²) in [7, 11) is 0. The minimum Gasteiger partial charge on any atom is -0.365 e. The van der Waals surface area contributed by atoms with Gasteiger partial charge >= 0.3 is 0 Å². The van der Waals surface area contributed by atoms with E-state index in [-0.39, 0.29) is 11.3 Å². The van der Waals surface area contributed by atoms with E-state index in [0.29, 0.717) is 11.1 Å². The van der Waals surface area contributed by atoms with E-state index in [9.17, 15) is 14.9 Å². The highest BCUT2D eigenvalue weighted by atomic mass is 16.6. The maximum absolute atomic E-state index is 11.0. The van der Waals surface area contributed by atoms with Gasteiger partial charge in [-0.25, -0.2) is 0 Å². The summed E-state index contributed by atoms with van der Waals surface area (Å²) in [4.78, 5) is 20.9. The zero-order valence-electron chi connectivity index (χ0n) is 9.01. The van der Waals surface area contributed by atoms with Gasteiger partial charge in [-0.2, -0.15) is 5.26 Å². The molecule has 0 aliphatic carbocycles. The van der Waals surface area contributed by atoms with Gasteiger partial charge in [0.1, 0.15) is 11.6 Å². The summed E-state index contributed by atoms with van der Waals surface area (Å²) in [5.41, 5.74) is 5.77. The minimum absolute atomic E-state index is 0.0564. The molecule has 1 aromatic rings. The van der Waals surface area contributed by atoms with Crippen molar-refractivity contribution in [2.24, 2.45) is 5.73 Å². The lowest BCUT2D eigenvalue weighted by atomic mass is 10.0. The molecule has 0 spiro atoms. The van der Waals surface area contributed by atoms with E-state index in [4.69, 9.17) is 11.0 Å². The predicted molar refractivity (Wildman–Crippen MR) is 60.5 cm³/mol. The summed E-state index contributed by atoms with van der Waals surface area (Å²) in [5.74, 6) is -0.816. The average Bonchev–Trinajstić information content (AvgIpc) is 2.29. The van der Waals surface area contributed by atoms with Gasteiger partial charge in [-0.3, -0.25) is 14.9 Å². The van der Waals surface area contributed by atoms with Crippen molar-refractivity contribution in [3.8, 4) is 6.07 Å². The summed E-state index contributed by atoms with van der Waals surface area (Å²) in [6.45, 7) is 1.56. The first kappa shape index (κ1) is 12.4. The molecule has 17 heavy (non-hydrogen) atoms. The fraction of sp³-hybridized carbons (Fsp3) is 0.0909. The number of nitrogens with zero attached hydrogens (tertiary/aromatic N) is 2. The SMILES string of the molecule is C/C(=C(/C#N)C(N)=O)c1ccc([N+](=O)[O-])cc1. The molecule has 0 saturated carbocycles. The van der Waals surface area contributed by atoms with Gasteiger partial charge in [0.25, 0.3) is 11.6 Å². The molecule has 0 saturated heterocycles. The van der Waals surface area contributed by atoms with Gasteiger partial charge in [0.2, 0.25) is 0 Å². The summed E-state index contributed by atoms with van der Waals surface area (Å²) >= 11 is 0. The third-order valence-electron chi connectivity index (χ3n) is 2.24. The zero-order chi connectivity index (χ0) is 13.0. The van der Waals surface area contributed by atoms with Gasteiger partial charge in [0, 0.05) is 12.1 Å². The number of non-ortho nitro benzene ring substituents is 1. The van der Waals surface area contributed by atoms with Gasteiger partial charge in [0.15, 0.2) is 0 Å². The molecule has 0 heterocycles. The molecule has 0 aliphatic heterocycles. The van der Waals surface area contributed by atoms with Crippen LogP contribution in [-0.4, -0.2) is 10.8 Å². The highest BCUT2D eigenvalue weighted by Crippen LogP contribution is 2.20. The van der Waals surface area contributed by atoms with E-state index in [2.05, 4.69) is 0 Å². The van der Waals surface area contributed by atoms with Crippen LogP contribution in [0.5, 0.6) is 0 Å². The maximum Gasteiger partial charge on any atom is 0.269 e. The zero-order valence-corrected chi connectivity index (χ0v) is 9.01. The first-order valence-electron chi connectivity index (χ1n) is 4.63. The molecule has 1 aromatic carbocycles. The fourth-order valence-electron chi connectivity index (χ4n) is 1.30. The monoisotopic (exact) mass is 231 g/mol. The molecule has 0 aliphatic rings. The molecule has 0 fully saturated rings. The molecular formula is C11H9N3O3. The summed E-state index contributed by atoms with van der Waals surface area (Å²) in [6, 6.07) is 7.24. The normalized spacial score (nSPS) is 11.3. The van der Waals surface area contributed by atoms with E-state index in [0.717, 1.165) is 0 Å². The molecule has 0 bridgehead atoms. The Balaban J connectivity index is 3.22. The topological polar surface area (TPSA) is 110 Å². The van der Waals surface area contributed by atoms with Crippen LogP contribution < -0.4 is 5.73 Å². The van der Waals surface area contributed by atoms with Crippen molar-refractivity contribution < 1.29 is 9.72 Å². The number of allylic oxidation sites excluding steroid dienone is 1. The highest BCUT2D eigenvalue weighted by molar-refractivity contribution is 6.03. The lowest BCUT2D eigenvalue weighted by Crippen LogP contribution is -2.14. The number of carbonyl (C=O) groups excluding carboxylic acids is 1.